The Morgan fingerprint density at radius 3 is 2.48 bits per heavy atom. The Hall–Kier alpha value is -2.53. The first kappa shape index (κ1) is 14.9. The van der Waals surface area contributed by atoms with Crippen LogP contribution in [0.1, 0.15) is 26.3 Å². The fraction of sp³-hybridized carbons (Fsp3) is 0.0667. The Morgan fingerprint density at radius 1 is 1.14 bits per heavy atom. The molecule has 0 aromatic heterocycles. The second kappa shape index (κ2) is 5.85. The molecule has 0 heterocycles. The highest BCUT2D eigenvalue weighted by Crippen LogP contribution is 2.23. The molecule has 0 bridgehead atoms. The number of phenols is 1. The Balaban J connectivity index is 2.33. The third kappa shape index (κ3) is 3.32. The summed E-state index contributed by atoms with van der Waals surface area (Å²) in [5.41, 5.74) is 0.919. The topological polar surface area (TPSA) is 86.6 Å². The SMILES string of the molecule is Cc1cc(C(=O)Nc2cc(Cl)ccc2C(=O)O)ccc1O. The largest absolute Gasteiger partial charge is 0.508 e. The lowest BCUT2D eigenvalue weighted by Gasteiger charge is -2.10. The number of carbonyl (C=O) groups is 2. The van der Waals surface area contributed by atoms with Gasteiger partial charge >= 0.3 is 5.97 Å². The van der Waals surface area contributed by atoms with E-state index >= 15 is 0 Å². The van der Waals surface area contributed by atoms with E-state index in [0.717, 1.165) is 0 Å². The quantitative estimate of drug-likeness (QED) is 0.812. The van der Waals surface area contributed by atoms with Crippen molar-refractivity contribution in [2.75, 3.05) is 5.32 Å². The standard InChI is InChI=1S/C15H12ClNO4/c1-8-6-9(2-5-13(8)18)14(19)17-12-7-10(16)3-4-11(12)15(20)21/h2-7,18H,1H3,(H,17,19)(H,20,21). The van der Waals surface area contributed by atoms with Gasteiger partial charge in [-0.2, -0.15) is 0 Å². The summed E-state index contributed by atoms with van der Waals surface area (Å²) in [5.74, 6) is -1.56. The summed E-state index contributed by atoms with van der Waals surface area (Å²) in [6.45, 7) is 1.66. The molecule has 0 unspecified atom stereocenters. The molecule has 0 aliphatic rings. The van der Waals surface area contributed by atoms with Crippen molar-refractivity contribution in [1.82, 2.24) is 0 Å². The van der Waals surface area contributed by atoms with Crippen molar-refractivity contribution in [3.8, 4) is 5.75 Å². The first-order valence-electron chi connectivity index (χ1n) is 6.02. The van der Waals surface area contributed by atoms with Gasteiger partial charge in [-0.05, 0) is 48.9 Å². The molecule has 0 saturated carbocycles. The Morgan fingerprint density at radius 2 is 1.86 bits per heavy atom. The number of aromatic hydroxyl groups is 1. The van der Waals surface area contributed by atoms with Gasteiger partial charge in [-0.25, -0.2) is 4.79 Å². The zero-order chi connectivity index (χ0) is 15.6. The third-order valence-electron chi connectivity index (χ3n) is 2.92. The molecule has 0 aliphatic carbocycles. The third-order valence-corrected chi connectivity index (χ3v) is 3.15. The van der Waals surface area contributed by atoms with Gasteiger partial charge in [0.1, 0.15) is 5.75 Å². The summed E-state index contributed by atoms with van der Waals surface area (Å²) in [7, 11) is 0. The molecule has 0 radical (unpaired) electrons. The van der Waals surface area contributed by atoms with Crippen LogP contribution in [0.15, 0.2) is 36.4 Å². The number of carbonyl (C=O) groups excluding carboxylic acids is 1. The van der Waals surface area contributed by atoms with Gasteiger partial charge in [0.15, 0.2) is 0 Å². The van der Waals surface area contributed by atoms with Crippen LogP contribution < -0.4 is 5.32 Å². The molecule has 6 heteroatoms. The number of rotatable bonds is 3. The lowest BCUT2D eigenvalue weighted by atomic mass is 10.1. The van der Waals surface area contributed by atoms with Crippen LogP contribution in [0.4, 0.5) is 5.69 Å². The van der Waals surface area contributed by atoms with Crippen molar-refractivity contribution >= 4 is 29.2 Å². The highest BCUT2D eigenvalue weighted by Gasteiger charge is 2.14. The van der Waals surface area contributed by atoms with Gasteiger partial charge in [-0.3, -0.25) is 4.79 Å². The van der Waals surface area contributed by atoms with E-state index < -0.39 is 11.9 Å². The van der Waals surface area contributed by atoms with E-state index in [1.807, 2.05) is 0 Å². The van der Waals surface area contributed by atoms with Crippen LogP contribution in [0.2, 0.25) is 5.02 Å². The molecule has 1 amide bonds. The van der Waals surface area contributed by atoms with E-state index in [1.54, 1.807) is 6.92 Å². The first-order valence-corrected chi connectivity index (χ1v) is 6.40. The zero-order valence-corrected chi connectivity index (χ0v) is 11.8. The maximum atomic E-state index is 12.1. The molecule has 0 aliphatic heterocycles. The number of amides is 1. The predicted octanol–water partition coefficient (Wildman–Crippen LogP) is 3.30. The van der Waals surface area contributed by atoms with Gasteiger partial charge < -0.3 is 15.5 Å². The molecule has 3 N–H and O–H groups in total. The molecule has 2 rings (SSSR count). The summed E-state index contributed by atoms with van der Waals surface area (Å²) < 4.78 is 0. The van der Waals surface area contributed by atoms with E-state index in [9.17, 15) is 14.7 Å². The van der Waals surface area contributed by atoms with Crippen molar-refractivity contribution in [2.24, 2.45) is 0 Å². The van der Waals surface area contributed by atoms with Gasteiger partial charge in [0, 0.05) is 10.6 Å². The monoisotopic (exact) mass is 305 g/mol. The maximum Gasteiger partial charge on any atom is 0.337 e. The number of carboxylic acid groups (broad SMARTS) is 1. The molecule has 0 spiro atoms. The van der Waals surface area contributed by atoms with Gasteiger partial charge in [-0.1, -0.05) is 11.6 Å². The first-order chi connectivity index (χ1) is 9.88. The molecule has 0 saturated heterocycles. The average molecular weight is 306 g/mol. The van der Waals surface area contributed by atoms with Gasteiger partial charge in [0.2, 0.25) is 0 Å². The van der Waals surface area contributed by atoms with Crippen LogP contribution in [-0.2, 0) is 0 Å². The fourth-order valence-electron chi connectivity index (χ4n) is 1.80. The Bertz CT molecular complexity index is 728. The normalized spacial score (nSPS) is 10.2. The molecular formula is C15H12ClNO4. The molecule has 2 aromatic carbocycles. The number of anilines is 1. The number of halogens is 1. The molecule has 5 nitrogen and oxygen atoms in total. The fourth-order valence-corrected chi connectivity index (χ4v) is 1.97. The van der Waals surface area contributed by atoms with E-state index in [1.165, 1.54) is 36.4 Å². The van der Waals surface area contributed by atoms with Crippen molar-refractivity contribution in [3.63, 3.8) is 0 Å². The summed E-state index contributed by atoms with van der Waals surface area (Å²) in [6.07, 6.45) is 0. The molecule has 21 heavy (non-hydrogen) atoms. The second-order valence-corrected chi connectivity index (χ2v) is 4.89. The zero-order valence-electron chi connectivity index (χ0n) is 11.1. The highest BCUT2D eigenvalue weighted by atomic mass is 35.5. The summed E-state index contributed by atoms with van der Waals surface area (Å²) in [6, 6.07) is 8.49. The van der Waals surface area contributed by atoms with Crippen LogP contribution in [-0.4, -0.2) is 22.1 Å². The van der Waals surface area contributed by atoms with E-state index in [-0.39, 0.29) is 17.0 Å². The van der Waals surface area contributed by atoms with E-state index in [2.05, 4.69) is 5.32 Å². The molecule has 0 fully saturated rings. The summed E-state index contributed by atoms with van der Waals surface area (Å²) >= 11 is 5.82. The Labute approximate surface area is 125 Å². The highest BCUT2D eigenvalue weighted by molar-refractivity contribution is 6.31. The summed E-state index contributed by atoms with van der Waals surface area (Å²) in [5, 5.41) is 21.4. The van der Waals surface area contributed by atoms with Crippen LogP contribution in [0.5, 0.6) is 5.75 Å². The van der Waals surface area contributed by atoms with Crippen molar-refractivity contribution in [1.29, 1.82) is 0 Å². The Kier molecular flexibility index (Phi) is 4.14. The number of phenolic OH excluding ortho intramolecular Hbond substituents is 1. The van der Waals surface area contributed by atoms with Gasteiger partial charge in [0.05, 0.1) is 11.3 Å². The second-order valence-electron chi connectivity index (χ2n) is 4.45. The van der Waals surface area contributed by atoms with Crippen molar-refractivity contribution in [3.05, 3.63) is 58.1 Å². The number of benzene rings is 2. The van der Waals surface area contributed by atoms with Crippen LogP contribution in [0.25, 0.3) is 0 Å². The molecule has 0 atom stereocenters. The number of hydrogen-bond donors (Lipinski definition) is 3. The minimum Gasteiger partial charge on any atom is -0.508 e. The number of hydrogen-bond acceptors (Lipinski definition) is 3. The van der Waals surface area contributed by atoms with E-state index in [4.69, 9.17) is 16.7 Å². The van der Waals surface area contributed by atoms with Gasteiger partial charge in [0.25, 0.3) is 5.91 Å². The van der Waals surface area contributed by atoms with Crippen LogP contribution in [0.3, 0.4) is 0 Å². The smallest absolute Gasteiger partial charge is 0.337 e. The lowest BCUT2D eigenvalue weighted by Crippen LogP contribution is -2.15. The van der Waals surface area contributed by atoms with Crippen molar-refractivity contribution < 1.29 is 19.8 Å². The summed E-state index contributed by atoms with van der Waals surface area (Å²) in [4.78, 5) is 23.3. The van der Waals surface area contributed by atoms with E-state index in [0.29, 0.717) is 16.1 Å². The maximum absolute atomic E-state index is 12.1. The predicted molar refractivity (Wildman–Crippen MR) is 79.2 cm³/mol. The average Bonchev–Trinajstić information content (AvgIpc) is 2.41. The van der Waals surface area contributed by atoms with Crippen LogP contribution >= 0.6 is 11.6 Å². The molecule has 108 valence electrons. The number of carboxylic acids is 1. The van der Waals surface area contributed by atoms with Gasteiger partial charge in [-0.15, -0.1) is 0 Å². The number of aromatic carboxylic acids is 1. The minimum atomic E-state index is -1.16. The number of aryl methyl sites for hydroxylation is 1. The molecule has 2 aromatic rings. The molecular weight excluding hydrogens is 294 g/mol. The van der Waals surface area contributed by atoms with Crippen LogP contribution in [0, 0.1) is 6.92 Å². The minimum absolute atomic E-state index is 0.0525. The number of nitrogens with one attached hydrogen (secondary N) is 1. The van der Waals surface area contributed by atoms with Crippen molar-refractivity contribution in [2.45, 2.75) is 6.92 Å². The lowest BCUT2D eigenvalue weighted by molar-refractivity contribution is 0.0698.